The van der Waals surface area contributed by atoms with E-state index < -0.39 is 0 Å². The molecule has 1 aromatic heterocycles. The third kappa shape index (κ3) is 3.01. The molecule has 0 aliphatic heterocycles. The fourth-order valence-electron chi connectivity index (χ4n) is 1.95. The highest BCUT2D eigenvalue weighted by Crippen LogP contribution is 2.24. The van der Waals surface area contributed by atoms with Gasteiger partial charge < -0.3 is 4.90 Å². The quantitative estimate of drug-likeness (QED) is 0.781. The molecule has 1 aromatic carbocycles. The van der Waals surface area contributed by atoms with Crippen molar-refractivity contribution in [2.45, 2.75) is 13.5 Å². The minimum Gasteiger partial charge on any atom is -0.366 e. The molecule has 96 valence electrons. The van der Waals surface area contributed by atoms with Gasteiger partial charge in [0.15, 0.2) is 0 Å². The average Bonchev–Trinajstić information content (AvgIpc) is 2.97. The number of rotatable bonds is 5. The lowest BCUT2D eigenvalue weighted by Gasteiger charge is -2.23. The normalized spacial score (nSPS) is 9.89. The molecular weight excluding hydrogens is 256 g/mol. The standard InChI is InChI=1S/C15H14N2OS/c1-2-17(10-14-4-3-7-19-14)15-6-5-12(11-18)8-13(15)9-16/h3-8,11H,2,10H2,1H3. The second-order valence-electron chi connectivity index (χ2n) is 4.10. The molecule has 2 aromatic rings. The summed E-state index contributed by atoms with van der Waals surface area (Å²) in [7, 11) is 0. The maximum atomic E-state index is 10.8. The summed E-state index contributed by atoms with van der Waals surface area (Å²) in [6.07, 6.45) is 0.764. The summed E-state index contributed by atoms with van der Waals surface area (Å²) >= 11 is 1.70. The first kappa shape index (κ1) is 13.3. The summed E-state index contributed by atoms with van der Waals surface area (Å²) in [6, 6.07) is 11.5. The molecule has 19 heavy (non-hydrogen) atoms. The minimum absolute atomic E-state index is 0.535. The van der Waals surface area contributed by atoms with Gasteiger partial charge in [0.25, 0.3) is 0 Å². The van der Waals surface area contributed by atoms with Crippen molar-refractivity contribution < 1.29 is 4.79 Å². The van der Waals surface area contributed by atoms with Crippen LogP contribution >= 0.6 is 11.3 Å². The van der Waals surface area contributed by atoms with Crippen molar-refractivity contribution in [2.24, 2.45) is 0 Å². The first-order valence-corrected chi connectivity index (χ1v) is 6.93. The molecule has 0 aliphatic rings. The highest BCUT2D eigenvalue weighted by Gasteiger charge is 2.11. The smallest absolute Gasteiger partial charge is 0.150 e. The molecule has 0 spiro atoms. The van der Waals surface area contributed by atoms with Gasteiger partial charge in [0.2, 0.25) is 0 Å². The summed E-state index contributed by atoms with van der Waals surface area (Å²) < 4.78 is 0. The SMILES string of the molecule is CCN(Cc1cccs1)c1ccc(C=O)cc1C#N. The van der Waals surface area contributed by atoms with Crippen LogP contribution in [0.25, 0.3) is 0 Å². The molecule has 0 saturated carbocycles. The average molecular weight is 270 g/mol. The zero-order valence-corrected chi connectivity index (χ0v) is 11.5. The number of nitrogens with zero attached hydrogens (tertiary/aromatic N) is 2. The van der Waals surface area contributed by atoms with Gasteiger partial charge in [-0.3, -0.25) is 4.79 Å². The number of hydrogen-bond donors (Lipinski definition) is 0. The van der Waals surface area contributed by atoms with E-state index in [-0.39, 0.29) is 0 Å². The van der Waals surface area contributed by atoms with Crippen LogP contribution in [0.3, 0.4) is 0 Å². The highest BCUT2D eigenvalue weighted by atomic mass is 32.1. The van der Waals surface area contributed by atoms with Crippen LogP contribution in [0.4, 0.5) is 5.69 Å². The molecular formula is C15H14N2OS. The molecule has 1 heterocycles. The second kappa shape index (κ2) is 6.17. The minimum atomic E-state index is 0.535. The Morgan fingerprint density at radius 2 is 2.26 bits per heavy atom. The van der Waals surface area contributed by atoms with Gasteiger partial charge in [0, 0.05) is 17.0 Å². The van der Waals surface area contributed by atoms with E-state index in [0.29, 0.717) is 11.1 Å². The zero-order chi connectivity index (χ0) is 13.7. The monoisotopic (exact) mass is 270 g/mol. The van der Waals surface area contributed by atoms with E-state index in [9.17, 15) is 10.1 Å². The Balaban J connectivity index is 2.32. The van der Waals surface area contributed by atoms with Crippen molar-refractivity contribution in [1.82, 2.24) is 0 Å². The van der Waals surface area contributed by atoms with Gasteiger partial charge in [-0.25, -0.2) is 0 Å². The van der Waals surface area contributed by atoms with Crippen LogP contribution in [0.2, 0.25) is 0 Å². The van der Waals surface area contributed by atoms with Crippen LogP contribution in [-0.2, 0) is 6.54 Å². The van der Waals surface area contributed by atoms with Crippen molar-refractivity contribution in [3.8, 4) is 6.07 Å². The predicted molar refractivity (Wildman–Crippen MR) is 77.6 cm³/mol. The zero-order valence-electron chi connectivity index (χ0n) is 10.7. The maximum Gasteiger partial charge on any atom is 0.150 e. The van der Waals surface area contributed by atoms with Gasteiger partial charge in [-0.15, -0.1) is 11.3 Å². The van der Waals surface area contributed by atoms with Crippen LogP contribution in [0.5, 0.6) is 0 Å². The number of benzene rings is 1. The largest absolute Gasteiger partial charge is 0.366 e. The summed E-state index contributed by atoms with van der Waals surface area (Å²) in [4.78, 5) is 14.2. The Morgan fingerprint density at radius 1 is 1.42 bits per heavy atom. The Morgan fingerprint density at radius 3 is 2.84 bits per heavy atom. The molecule has 0 amide bonds. The summed E-state index contributed by atoms with van der Waals surface area (Å²) in [5.41, 5.74) is 1.96. The van der Waals surface area contributed by atoms with Gasteiger partial charge in [0.05, 0.1) is 17.8 Å². The van der Waals surface area contributed by atoms with E-state index in [1.807, 2.05) is 17.5 Å². The molecule has 0 aliphatic carbocycles. The van der Waals surface area contributed by atoms with Crippen molar-refractivity contribution in [3.63, 3.8) is 0 Å². The number of hydrogen-bond acceptors (Lipinski definition) is 4. The molecule has 0 bridgehead atoms. The van der Waals surface area contributed by atoms with E-state index in [1.165, 1.54) is 4.88 Å². The third-order valence-corrected chi connectivity index (χ3v) is 3.79. The number of aldehydes is 1. The first-order chi connectivity index (χ1) is 9.28. The van der Waals surface area contributed by atoms with Crippen molar-refractivity contribution >= 4 is 23.3 Å². The van der Waals surface area contributed by atoms with Gasteiger partial charge in [-0.05, 0) is 36.6 Å². The summed E-state index contributed by atoms with van der Waals surface area (Å²) in [6.45, 7) is 3.65. The number of thiophene rings is 1. The van der Waals surface area contributed by atoms with E-state index in [4.69, 9.17) is 0 Å². The van der Waals surface area contributed by atoms with Crippen LogP contribution in [0, 0.1) is 11.3 Å². The fourth-order valence-corrected chi connectivity index (χ4v) is 2.67. The van der Waals surface area contributed by atoms with E-state index >= 15 is 0 Å². The molecule has 3 nitrogen and oxygen atoms in total. The molecule has 0 atom stereocenters. The molecule has 0 radical (unpaired) electrons. The van der Waals surface area contributed by atoms with Gasteiger partial charge in [-0.1, -0.05) is 6.07 Å². The van der Waals surface area contributed by atoms with Crippen molar-refractivity contribution in [1.29, 1.82) is 5.26 Å². The van der Waals surface area contributed by atoms with Crippen LogP contribution in [0.1, 0.15) is 27.7 Å². The van der Waals surface area contributed by atoms with E-state index in [2.05, 4.69) is 24.0 Å². The molecule has 0 N–H and O–H groups in total. The Kier molecular flexibility index (Phi) is 4.32. The molecule has 0 saturated heterocycles. The molecule has 4 heteroatoms. The lowest BCUT2D eigenvalue weighted by molar-refractivity contribution is 0.112. The number of carbonyl (C=O) groups excluding carboxylic acids is 1. The van der Waals surface area contributed by atoms with Gasteiger partial charge in [0.1, 0.15) is 12.4 Å². The molecule has 0 fully saturated rings. The lowest BCUT2D eigenvalue weighted by Crippen LogP contribution is -2.22. The Bertz CT molecular complexity index is 599. The lowest BCUT2D eigenvalue weighted by atomic mass is 10.1. The van der Waals surface area contributed by atoms with Crippen LogP contribution in [-0.4, -0.2) is 12.8 Å². The summed E-state index contributed by atoms with van der Waals surface area (Å²) in [5.74, 6) is 0. The highest BCUT2D eigenvalue weighted by molar-refractivity contribution is 7.09. The first-order valence-electron chi connectivity index (χ1n) is 6.05. The fraction of sp³-hybridized carbons (Fsp3) is 0.200. The topological polar surface area (TPSA) is 44.1 Å². The number of nitriles is 1. The second-order valence-corrected chi connectivity index (χ2v) is 5.13. The number of carbonyl (C=O) groups is 1. The molecule has 2 rings (SSSR count). The van der Waals surface area contributed by atoms with Crippen LogP contribution in [0.15, 0.2) is 35.7 Å². The van der Waals surface area contributed by atoms with Crippen molar-refractivity contribution in [3.05, 3.63) is 51.7 Å². The van der Waals surface area contributed by atoms with E-state index in [1.54, 1.807) is 23.5 Å². The number of anilines is 1. The summed E-state index contributed by atoms with van der Waals surface area (Å²) in [5, 5.41) is 11.3. The van der Waals surface area contributed by atoms with Crippen molar-refractivity contribution in [2.75, 3.05) is 11.4 Å². The maximum absolute atomic E-state index is 10.8. The van der Waals surface area contributed by atoms with Crippen LogP contribution < -0.4 is 4.90 Å². The van der Waals surface area contributed by atoms with Gasteiger partial charge in [-0.2, -0.15) is 5.26 Å². The Hall–Kier alpha value is -2.12. The van der Waals surface area contributed by atoms with E-state index in [0.717, 1.165) is 25.1 Å². The predicted octanol–water partition coefficient (Wildman–Crippen LogP) is 3.46. The Labute approximate surface area is 116 Å². The third-order valence-electron chi connectivity index (χ3n) is 2.93. The molecule has 0 unspecified atom stereocenters. The van der Waals surface area contributed by atoms with Gasteiger partial charge >= 0.3 is 0 Å².